The number of aliphatic hydroxyl groups is 2. The lowest BCUT2D eigenvalue weighted by Crippen LogP contribution is -2.61. The molecule has 12 nitrogen and oxygen atoms in total. The maximum Gasteiger partial charge on any atom is 0.335 e. The van der Waals surface area contributed by atoms with Crippen molar-refractivity contribution >= 4 is 23.9 Å². The van der Waals surface area contributed by atoms with Crippen LogP contribution in [-0.4, -0.2) is 89.2 Å². The van der Waals surface area contributed by atoms with Crippen LogP contribution in [0.1, 0.15) is 265 Å². The van der Waals surface area contributed by atoms with Crippen LogP contribution in [0, 0.1) is 0 Å². The van der Waals surface area contributed by atoms with E-state index in [1.165, 1.54) is 109 Å². The molecular weight excluding hydrogens is 1020 g/mol. The molecule has 462 valence electrons. The maximum absolute atomic E-state index is 13.1. The number of ether oxygens (including phenoxy) is 5. The summed E-state index contributed by atoms with van der Waals surface area (Å²) in [7, 11) is 0. The van der Waals surface area contributed by atoms with Crippen LogP contribution in [0.25, 0.3) is 0 Å². The molecule has 0 bridgehead atoms. The van der Waals surface area contributed by atoms with E-state index in [2.05, 4.69) is 99.8 Å². The van der Waals surface area contributed by atoms with Gasteiger partial charge in [0.1, 0.15) is 18.8 Å². The number of rotatable bonds is 54. The van der Waals surface area contributed by atoms with Crippen molar-refractivity contribution in [3.05, 3.63) is 97.2 Å². The molecule has 1 aliphatic heterocycles. The van der Waals surface area contributed by atoms with Gasteiger partial charge in [-0.3, -0.25) is 14.4 Å². The minimum absolute atomic E-state index is 0.0440. The molecule has 81 heavy (non-hydrogen) atoms. The number of aliphatic hydroxyl groups excluding tert-OH is 2. The van der Waals surface area contributed by atoms with Crippen LogP contribution in [0.5, 0.6) is 0 Å². The molecule has 12 heteroatoms. The van der Waals surface area contributed by atoms with Crippen molar-refractivity contribution < 1.29 is 58.2 Å². The average Bonchev–Trinajstić information content (AvgIpc) is 3.52. The largest absolute Gasteiger partial charge is 0.479 e. The fourth-order valence-corrected chi connectivity index (χ4v) is 9.23. The van der Waals surface area contributed by atoms with Gasteiger partial charge in [-0.15, -0.1) is 0 Å². The zero-order valence-electron chi connectivity index (χ0n) is 51.0. The number of allylic oxidation sites excluding steroid dienone is 15. The van der Waals surface area contributed by atoms with Gasteiger partial charge in [0.15, 0.2) is 24.6 Å². The van der Waals surface area contributed by atoms with Crippen molar-refractivity contribution in [1.29, 1.82) is 0 Å². The summed E-state index contributed by atoms with van der Waals surface area (Å²) >= 11 is 0. The second-order valence-corrected chi connectivity index (χ2v) is 21.7. The van der Waals surface area contributed by atoms with E-state index in [9.17, 15) is 34.5 Å². The van der Waals surface area contributed by atoms with Gasteiger partial charge in [-0.1, -0.05) is 240 Å². The Morgan fingerprint density at radius 3 is 1.28 bits per heavy atom. The highest BCUT2D eigenvalue weighted by atomic mass is 16.7. The summed E-state index contributed by atoms with van der Waals surface area (Å²) in [6.07, 6.45) is 62.5. The predicted molar refractivity (Wildman–Crippen MR) is 331 cm³/mol. The van der Waals surface area contributed by atoms with Crippen LogP contribution >= 0.6 is 0 Å². The zero-order valence-corrected chi connectivity index (χ0v) is 51.0. The number of carboxylic acids is 1. The first-order chi connectivity index (χ1) is 39.6. The first-order valence-corrected chi connectivity index (χ1v) is 32.2. The quantitative estimate of drug-likeness (QED) is 0.0228. The Labute approximate surface area is 492 Å². The topological polar surface area (TPSA) is 175 Å². The SMILES string of the molecule is CC/C=C\C/C=C\C/C=C\C/C=C\C/C=C\CC(=O)OC(COC(=O)CCCCCCCCC/C=C\C/C=C\CCCCC)COC1OC(C(=O)O)C(O)C(O)C1OC(=O)CCCCCCCCCCC/C=C\CCCCCCCC. The summed E-state index contributed by atoms with van der Waals surface area (Å²) in [5, 5.41) is 31.6. The molecule has 6 atom stereocenters. The van der Waals surface area contributed by atoms with Gasteiger partial charge in [-0.05, 0) is 103 Å². The first kappa shape index (κ1) is 74.7. The van der Waals surface area contributed by atoms with Crippen molar-refractivity contribution in [2.45, 2.75) is 302 Å². The monoisotopic (exact) mass is 1130 g/mol. The molecule has 0 saturated carbocycles. The van der Waals surface area contributed by atoms with Crippen molar-refractivity contribution in [3.63, 3.8) is 0 Å². The lowest BCUT2D eigenvalue weighted by molar-refractivity contribution is -0.301. The molecule has 0 aromatic carbocycles. The van der Waals surface area contributed by atoms with Crippen molar-refractivity contribution in [1.82, 2.24) is 0 Å². The lowest BCUT2D eigenvalue weighted by Gasteiger charge is -2.40. The molecule has 3 N–H and O–H groups in total. The number of esters is 3. The van der Waals surface area contributed by atoms with Gasteiger partial charge < -0.3 is 39.0 Å². The number of carbonyl (C=O) groups is 4. The molecule has 0 spiro atoms. The zero-order chi connectivity index (χ0) is 58.9. The summed E-state index contributed by atoms with van der Waals surface area (Å²) in [5.41, 5.74) is 0. The molecule has 1 heterocycles. The van der Waals surface area contributed by atoms with Crippen molar-refractivity contribution in [2.75, 3.05) is 13.2 Å². The molecule has 0 radical (unpaired) electrons. The van der Waals surface area contributed by atoms with E-state index in [4.69, 9.17) is 23.7 Å². The summed E-state index contributed by atoms with van der Waals surface area (Å²) < 4.78 is 28.4. The van der Waals surface area contributed by atoms with Crippen molar-refractivity contribution in [2.24, 2.45) is 0 Å². The summed E-state index contributed by atoms with van der Waals surface area (Å²) in [6, 6.07) is 0. The molecule has 0 aromatic rings. The highest BCUT2D eigenvalue weighted by Crippen LogP contribution is 2.26. The lowest BCUT2D eigenvalue weighted by atomic mass is 9.98. The Hall–Kier alpha value is -4.36. The Balaban J connectivity index is 2.70. The number of hydrogen-bond donors (Lipinski definition) is 3. The Morgan fingerprint density at radius 1 is 0.432 bits per heavy atom. The highest BCUT2D eigenvalue weighted by Gasteiger charge is 2.50. The first-order valence-electron chi connectivity index (χ1n) is 32.2. The smallest absolute Gasteiger partial charge is 0.335 e. The van der Waals surface area contributed by atoms with Crippen LogP contribution in [0.2, 0.25) is 0 Å². The molecule has 1 aliphatic rings. The normalized spacial score (nSPS) is 18.4. The van der Waals surface area contributed by atoms with E-state index in [0.29, 0.717) is 19.3 Å². The highest BCUT2D eigenvalue weighted by molar-refractivity contribution is 5.74. The third kappa shape index (κ3) is 45.8. The number of aliphatic carboxylic acids is 1. The summed E-state index contributed by atoms with van der Waals surface area (Å²) in [6.45, 7) is 5.78. The Bertz CT molecular complexity index is 1780. The summed E-state index contributed by atoms with van der Waals surface area (Å²) in [4.78, 5) is 51.2. The molecule has 1 rings (SSSR count). The second kappa shape index (κ2) is 56.1. The van der Waals surface area contributed by atoms with E-state index in [1.807, 2.05) is 12.2 Å². The molecular formula is C69H114O12. The number of hydrogen-bond acceptors (Lipinski definition) is 11. The summed E-state index contributed by atoms with van der Waals surface area (Å²) in [5.74, 6) is -3.30. The maximum atomic E-state index is 13.1. The van der Waals surface area contributed by atoms with E-state index < -0.39 is 67.3 Å². The van der Waals surface area contributed by atoms with Gasteiger partial charge >= 0.3 is 23.9 Å². The predicted octanol–water partition coefficient (Wildman–Crippen LogP) is 17.2. The van der Waals surface area contributed by atoms with E-state index in [1.54, 1.807) is 6.08 Å². The third-order valence-corrected chi connectivity index (χ3v) is 14.1. The standard InChI is InChI=1S/C69H114O12/c1-4-7-10-13-16-19-22-25-28-30-31-33-36-39-42-45-48-51-54-57-63(72)80-67-65(74)64(73)66(68(75)76)81-69(67)78-59-60(79-62(71)56-53-50-47-44-41-38-34-27-24-21-18-15-12-9-6-3)58-77-61(70)55-52-49-46-43-40-37-35-32-29-26-23-20-17-14-11-8-5-2/h9,12,17-18,20-21,25-29,34,41,44,50,53,60,64-67,69,73-74H,4-8,10-11,13-16,19,22-24,30-33,35-40,42-43,45-49,51-52,54-59H2,1-3H3,(H,75,76)/b12-9-,20-17-,21-18-,28-25-,29-26-,34-27-,44-41-,53-50-. The average molecular weight is 1140 g/mol. The molecule has 0 aliphatic carbocycles. The van der Waals surface area contributed by atoms with Gasteiger partial charge in [0.25, 0.3) is 0 Å². The van der Waals surface area contributed by atoms with Crippen LogP contribution in [0.3, 0.4) is 0 Å². The fraction of sp³-hybridized carbons (Fsp3) is 0.710. The Morgan fingerprint density at radius 2 is 0.815 bits per heavy atom. The second-order valence-electron chi connectivity index (χ2n) is 21.7. The third-order valence-electron chi connectivity index (χ3n) is 14.1. The fourth-order valence-electron chi connectivity index (χ4n) is 9.23. The number of carboxylic acid groups (broad SMARTS) is 1. The minimum atomic E-state index is -1.92. The van der Waals surface area contributed by atoms with Crippen molar-refractivity contribution in [3.8, 4) is 0 Å². The molecule has 6 unspecified atom stereocenters. The van der Waals surface area contributed by atoms with Crippen LogP contribution in [-0.2, 0) is 42.9 Å². The molecule has 1 saturated heterocycles. The Kier molecular flexibility index (Phi) is 51.7. The molecule has 0 aromatic heterocycles. The number of unbranched alkanes of at least 4 members (excludes halogenated alkanes) is 25. The van der Waals surface area contributed by atoms with Crippen LogP contribution in [0.4, 0.5) is 0 Å². The van der Waals surface area contributed by atoms with E-state index in [0.717, 1.165) is 96.3 Å². The van der Waals surface area contributed by atoms with Crippen LogP contribution in [0.15, 0.2) is 97.2 Å². The van der Waals surface area contributed by atoms with Gasteiger partial charge in [-0.2, -0.15) is 0 Å². The van der Waals surface area contributed by atoms with Gasteiger partial charge in [0.05, 0.1) is 13.0 Å². The van der Waals surface area contributed by atoms with E-state index in [-0.39, 0.29) is 25.9 Å². The molecule has 1 fully saturated rings. The van der Waals surface area contributed by atoms with Gasteiger partial charge in [0.2, 0.25) is 0 Å². The van der Waals surface area contributed by atoms with Crippen LogP contribution < -0.4 is 0 Å². The van der Waals surface area contributed by atoms with E-state index >= 15 is 0 Å². The number of carbonyl (C=O) groups excluding carboxylic acids is 3. The molecule has 0 amide bonds. The van der Waals surface area contributed by atoms with Gasteiger partial charge in [-0.25, -0.2) is 4.79 Å². The minimum Gasteiger partial charge on any atom is -0.479 e. The van der Waals surface area contributed by atoms with Gasteiger partial charge in [0, 0.05) is 12.8 Å².